The van der Waals surface area contributed by atoms with Crippen molar-refractivity contribution in [3.63, 3.8) is 0 Å². The van der Waals surface area contributed by atoms with Crippen LogP contribution in [0, 0.1) is 0 Å². The normalized spacial score (nSPS) is 10.3. The Kier molecular flexibility index (Phi) is 3.36. The van der Waals surface area contributed by atoms with E-state index in [2.05, 4.69) is 9.97 Å². The molecule has 2 aromatic heterocycles. The summed E-state index contributed by atoms with van der Waals surface area (Å²) in [4.78, 5) is 20.6. The smallest absolute Gasteiger partial charge is 0.227 e. The number of aromatic amines is 1. The molecule has 16 heavy (non-hydrogen) atoms. The minimum absolute atomic E-state index is 0.106. The van der Waals surface area contributed by atoms with Gasteiger partial charge in [-0.3, -0.25) is 4.79 Å². The van der Waals surface area contributed by atoms with E-state index in [1.54, 1.807) is 35.7 Å². The summed E-state index contributed by atoms with van der Waals surface area (Å²) in [6.45, 7) is 0.524. The molecule has 2 aromatic rings. The lowest BCUT2D eigenvalue weighted by atomic mass is 10.2. The predicted octanol–water partition coefficient (Wildman–Crippen LogP) is 1.67. The van der Waals surface area contributed by atoms with Crippen LogP contribution in [0.5, 0.6) is 0 Å². The van der Waals surface area contributed by atoms with Crippen LogP contribution < -0.4 is 0 Å². The summed E-state index contributed by atoms with van der Waals surface area (Å²) in [6, 6.07) is 1.98. The fourth-order valence-electron chi connectivity index (χ4n) is 1.40. The van der Waals surface area contributed by atoms with Crippen LogP contribution >= 0.6 is 11.3 Å². The highest BCUT2D eigenvalue weighted by Gasteiger charge is 2.11. The summed E-state index contributed by atoms with van der Waals surface area (Å²) in [5, 5.41) is 3.98. The lowest BCUT2D eigenvalue weighted by molar-refractivity contribution is -0.129. The lowest BCUT2D eigenvalue weighted by Gasteiger charge is -2.15. The molecule has 0 aliphatic carbocycles. The highest BCUT2D eigenvalue weighted by Crippen LogP contribution is 2.08. The first-order chi connectivity index (χ1) is 7.75. The van der Waals surface area contributed by atoms with E-state index >= 15 is 0 Å². The van der Waals surface area contributed by atoms with Crippen LogP contribution in [0.3, 0.4) is 0 Å². The summed E-state index contributed by atoms with van der Waals surface area (Å²) in [5.41, 5.74) is 1.07. The Morgan fingerprint density at radius 3 is 3.12 bits per heavy atom. The molecule has 2 rings (SSSR count). The Bertz CT molecular complexity index is 436. The average Bonchev–Trinajstić information content (AvgIpc) is 2.90. The fraction of sp³-hybridized carbons (Fsp3) is 0.273. The highest BCUT2D eigenvalue weighted by molar-refractivity contribution is 7.07. The first-order valence-electron chi connectivity index (χ1n) is 4.99. The zero-order valence-corrected chi connectivity index (χ0v) is 9.83. The molecular weight excluding hydrogens is 222 g/mol. The van der Waals surface area contributed by atoms with E-state index in [1.165, 1.54) is 0 Å². The molecule has 84 valence electrons. The van der Waals surface area contributed by atoms with Gasteiger partial charge in [-0.15, -0.1) is 0 Å². The van der Waals surface area contributed by atoms with Gasteiger partial charge in [-0.25, -0.2) is 4.98 Å². The lowest BCUT2D eigenvalue weighted by Crippen LogP contribution is -2.28. The zero-order chi connectivity index (χ0) is 11.4. The van der Waals surface area contributed by atoms with Crippen molar-refractivity contribution in [3.8, 4) is 0 Å². The number of carbonyl (C=O) groups is 1. The molecule has 4 nitrogen and oxygen atoms in total. The summed E-state index contributed by atoms with van der Waals surface area (Å²) in [5.74, 6) is 0.913. The van der Waals surface area contributed by atoms with Gasteiger partial charge in [0.25, 0.3) is 0 Å². The summed E-state index contributed by atoms with van der Waals surface area (Å²) >= 11 is 1.61. The van der Waals surface area contributed by atoms with Gasteiger partial charge in [0.05, 0.1) is 13.0 Å². The van der Waals surface area contributed by atoms with E-state index in [0.29, 0.717) is 13.0 Å². The van der Waals surface area contributed by atoms with Gasteiger partial charge in [-0.1, -0.05) is 0 Å². The van der Waals surface area contributed by atoms with Crippen LogP contribution in [0.15, 0.2) is 29.2 Å². The Morgan fingerprint density at radius 1 is 1.62 bits per heavy atom. The van der Waals surface area contributed by atoms with Crippen LogP contribution in [0.25, 0.3) is 0 Å². The number of nitrogens with zero attached hydrogens (tertiary/aromatic N) is 2. The van der Waals surface area contributed by atoms with Gasteiger partial charge < -0.3 is 9.88 Å². The first-order valence-corrected chi connectivity index (χ1v) is 5.93. The Morgan fingerprint density at radius 2 is 2.50 bits per heavy atom. The molecule has 1 N–H and O–H groups in total. The van der Waals surface area contributed by atoms with Crippen molar-refractivity contribution in [3.05, 3.63) is 40.6 Å². The Balaban J connectivity index is 1.90. The molecule has 5 heteroatoms. The van der Waals surface area contributed by atoms with Gasteiger partial charge in [0.15, 0.2) is 0 Å². The highest BCUT2D eigenvalue weighted by atomic mass is 32.1. The van der Waals surface area contributed by atoms with Crippen LogP contribution in [0.2, 0.25) is 0 Å². The molecule has 0 saturated carbocycles. The molecule has 0 aliphatic heterocycles. The van der Waals surface area contributed by atoms with Crippen molar-refractivity contribution in [2.24, 2.45) is 0 Å². The molecular formula is C11H13N3OS. The second kappa shape index (κ2) is 4.94. The molecule has 2 heterocycles. The minimum Gasteiger partial charge on any atom is -0.347 e. The van der Waals surface area contributed by atoms with Crippen LogP contribution in [0.4, 0.5) is 0 Å². The van der Waals surface area contributed by atoms with E-state index in [-0.39, 0.29) is 5.91 Å². The number of amides is 1. The van der Waals surface area contributed by atoms with Crippen molar-refractivity contribution in [2.45, 2.75) is 13.0 Å². The minimum atomic E-state index is 0.106. The van der Waals surface area contributed by atoms with E-state index in [1.807, 2.05) is 16.8 Å². The van der Waals surface area contributed by atoms with E-state index in [4.69, 9.17) is 0 Å². The average molecular weight is 235 g/mol. The van der Waals surface area contributed by atoms with E-state index < -0.39 is 0 Å². The van der Waals surface area contributed by atoms with E-state index in [0.717, 1.165) is 11.4 Å². The number of likely N-dealkylation sites (N-methyl/N-ethyl adjacent to an activating group) is 1. The van der Waals surface area contributed by atoms with E-state index in [9.17, 15) is 4.79 Å². The maximum absolute atomic E-state index is 11.8. The molecule has 0 aliphatic rings. The van der Waals surface area contributed by atoms with Crippen molar-refractivity contribution in [1.82, 2.24) is 14.9 Å². The molecule has 0 fully saturated rings. The number of thiophene rings is 1. The van der Waals surface area contributed by atoms with Gasteiger partial charge in [0, 0.05) is 19.4 Å². The second-order valence-electron chi connectivity index (χ2n) is 3.59. The molecule has 0 unspecified atom stereocenters. The molecule has 0 saturated heterocycles. The molecule has 0 bridgehead atoms. The first kappa shape index (κ1) is 10.9. The standard InChI is InChI=1S/C11H13N3OS/c1-14(7-10-12-3-4-13-10)11(15)6-9-2-5-16-8-9/h2-5,8H,6-7H2,1H3,(H,12,13). The van der Waals surface area contributed by atoms with Gasteiger partial charge in [-0.05, 0) is 22.4 Å². The van der Waals surface area contributed by atoms with Crippen LogP contribution in [-0.4, -0.2) is 27.8 Å². The maximum Gasteiger partial charge on any atom is 0.227 e. The molecule has 0 atom stereocenters. The quantitative estimate of drug-likeness (QED) is 0.876. The summed E-state index contributed by atoms with van der Waals surface area (Å²) in [6.07, 6.45) is 3.90. The van der Waals surface area contributed by atoms with Crippen molar-refractivity contribution >= 4 is 17.2 Å². The molecule has 0 spiro atoms. The second-order valence-corrected chi connectivity index (χ2v) is 4.37. The monoisotopic (exact) mass is 235 g/mol. The van der Waals surface area contributed by atoms with Crippen LogP contribution in [-0.2, 0) is 17.8 Å². The predicted molar refractivity (Wildman–Crippen MR) is 63.1 cm³/mol. The van der Waals surface area contributed by atoms with Gasteiger partial charge in [-0.2, -0.15) is 11.3 Å². The molecule has 1 amide bonds. The van der Waals surface area contributed by atoms with Gasteiger partial charge in [0.1, 0.15) is 5.82 Å². The van der Waals surface area contributed by atoms with Crippen molar-refractivity contribution < 1.29 is 4.79 Å². The topological polar surface area (TPSA) is 49.0 Å². The van der Waals surface area contributed by atoms with Crippen molar-refractivity contribution in [1.29, 1.82) is 0 Å². The third-order valence-electron chi connectivity index (χ3n) is 2.30. The number of aromatic nitrogens is 2. The zero-order valence-electron chi connectivity index (χ0n) is 9.01. The third-order valence-corrected chi connectivity index (χ3v) is 3.04. The number of nitrogens with one attached hydrogen (secondary N) is 1. The number of H-pyrrole nitrogens is 1. The van der Waals surface area contributed by atoms with Gasteiger partial charge >= 0.3 is 0 Å². The van der Waals surface area contributed by atoms with Crippen molar-refractivity contribution in [2.75, 3.05) is 7.05 Å². The largest absolute Gasteiger partial charge is 0.347 e. The summed E-state index contributed by atoms with van der Waals surface area (Å²) < 4.78 is 0. The maximum atomic E-state index is 11.8. The SMILES string of the molecule is CN(Cc1ncc[nH]1)C(=O)Cc1ccsc1. The number of carbonyl (C=O) groups excluding carboxylic acids is 1. The fourth-order valence-corrected chi connectivity index (χ4v) is 2.07. The number of hydrogen-bond donors (Lipinski definition) is 1. The third kappa shape index (κ3) is 2.70. The molecule has 0 radical (unpaired) electrons. The summed E-state index contributed by atoms with van der Waals surface area (Å²) in [7, 11) is 1.79. The number of imidazole rings is 1. The Labute approximate surface area is 97.9 Å². The van der Waals surface area contributed by atoms with Crippen LogP contribution in [0.1, 0.15) is 11.4 Å². The number of hydrogen-bond acceptors (Lipinski definition) is 3. The van der Waals surface area contributed by atoms with Gasteiger partial charge in [0.2, 0.25) is 5.91 Å². The number of rotatable bonds is 4. The molecule has 0 aromatic carbocycles. The Hall–Kier alpha value is -1.62.